The molecule has 0 heterocycles. The van der Waals surface area contributed by atoms with Crippen LogP contribution >= 0.6 is 15.9 Å². The van der Waals surface area contributed by atoms with Gasteiger partial charge in [0.05, 0.1) is 26.1 Å². The van der Waals surface area contributed by atoms with Crippen LogP contribution in [0.2, 0.25) is 0 Å². The number of phenolic OH excluding ortho intramolecular Hbond substituents is 1. The van der Waals surface area contributed by atoms with E-state index in [0.29, 0.717) is 31.1 Å². The lowest BCUT2D eigenvalue weighted by atomic mass is 10.1. The Labute approximate surface area is 203 Å². The molecule has 0 aliphatic rings. The fourth-order valence-electron chi connectivity index (χ4n) is 2.32. The lowest BCUT2D eigenvalue weighted by Gasteiger charge is -2.07. The molecule has 0 radical (unpaired) electrons. The predicted octanol–water partition coefficient (Wildman–Crippen LogP) is 4.17. The van der Waals surface area contributed by atoms with Crippen LogP contribution < -0.4 is 4.74 Å². The number of benzene rings is 2. The van der Waals surface area contributed by atoms with E-state index in [1.54, 1.807) is 36.4 Å². The first-order valence-corrected chi connectivity index (χ1v) is 11.6. The van der Waals surface area contributed by atoms with Crippen LogP contribution in [0.4, 0.5) is 0 Å². The number of hydrogen-bond acceptors (Lipinski definition) is 6. The molecule has 0 aliphatic heterocycles. The molecule has 0 spiro atoms. The number of carboxylic acids is 2. The maximum Gasteiger partial charge on any atom is 0.307 e. The van der Waals surface area contributed by atoms with Crippen molar-refractivity contribution in [1.29, 1.82) is 0 Å². The summed E-state index contributed by atoms with van der Waals surface area (Å²) in [5, 5.41) is 26.9. The summed E-state index contributed by atoms with van der Waals surface area (Å²) in [5.41, 5.74) is 1.35. The lowest BCUT2D eigenvalue weighted by Crippen LogP contribution is -2.06. The van der Waals surface area contributed by atoms with Gasteiger partial charge in [-0.1, -0.05) is 40.2 Å². The van der Waals surface area contributed by atoms with Crippen LogP contribution in [0.3, 0.4) is 0 Å². The van der Waals surface area contributed by atoms with Crippen LogP contribution in [0.25, 0.3) is 0 Å². The van der Waals surface area contributed by atoms with E-state index in [9.17, 15) is 9.59 Å². The highest BCUT2D eigenvalue weighted by Gasteiger charge is 2.02. The standard InChI is InChI=1S/C12H16O4.C8H8O3.C4H9BrO/c1-2-15-6-7-16-11-5-3-4-10(8-11)9-12(13)14;9-7-3-1-2-6(4-7)5-8(10)11;1-2-6-4-3-5/h3-5,8H,2,6-7,9H2,1H3,(H,13,14);1-4,9H,5H2,(H,10,11);2-4H2,1H3. The highest BCUT2D eigenvalue weighted by molar-refractivity contribution is 9.09. The summed E-state index contributed by atoms with van der Waals surface area (Å²) in [6, 6.07) is 13.3. The van der Waals surface area contributed by atoms with Crippen LogP contribution in [-0.2, 0) is 31.9 Å². The molecule has 0 amide bonds. The topological polar surface area (TPSA) is 123 Å². The van der Waals surface area contributed by atoms with Gasteiger partial charge in [0.25, 0.3) is 0 Å². The molecule has 2 rings (SSSR count). The molecule has 0 atom stereocenters. The highest BCUT2D eigenvalue weighted by atomic mass is 79.9. The van der Waals surface area contributed by atoms with Crippen molar-refractivity contribution >= 4 is 27.9 Å². The first-order valence-electron chi connectivity index (χ1n) is 10.5. The molecule has 0 aromatic heterocycles. The summed E-state index contributed by atoms with van der Waals surface area (Å²) in [6.45, 7) is 7.25. The zero-order valence-corrected chi connectivity index (χ0v) is 20.6. The smallest absolute Gasteiger partial charge is 0.307 e. The Balaban J connectivity index is 0.000000520. The zero-order chi connectivity index (χ0) is 24.9. The van der Waals surface area contributed by atoms with Crippen LogP contribution in [0.15, 0.2) is 48.5 Å². The first-order chi connectivity index (χ1) is 15.8. The summed E-state index contributed by atoms with van der Waals surface area (Å²) in [6.07, 6.45) is -0.0307. The Kier molecular flexibility index (Phi) is 18.4. The maximum atomic E-state index is 10.5. The molecular formula is C24H33BrO8. The van der Waals surface area contributed by atoms with Gasteiger partial charge in [-0.2, -0.15) is 0 Å². The van der Waals surface area contributed by atoms with Crippen LogP contribution in [0.5, 0.6) is 11.5 Å². The summed E-state index contributed by atoms with van der Waals surface area (Å²) < 4.78 is 15.5. The Morgan fingerprint density at radius 2 is 1.36 bits per heavy atom. The van der Waals surface area contributed by atoms with Gasteiger partial charge in [0.2, 0.25) is 0 Å². The Morgan fingerprint density at radius 3 is 1.85 bits per heavy atom. The normalized spacial score (nSPS) is 9.67. The van der Waals surface area contributed by atoms with Gasteiger partial charge in [0.15, 0.2) is 0 Å². The first kappa shape index (κ1) is 30.4. The lowest BCUT2D eigenvalue weighted by molar-refractivity contribution is -0.137. The summed E-state index contributed by atoms with van der Waals surface area (Å²) in [5.74, 6) is -0.954. The van der Waals surface area contributed by atoms with Gasteiger partial charge >= 0.3 is 11.9 Å². The average Bonchev–Trinajstić information content (AvgIpc) is 2.76. The molecule has 3 N–H and O–H groups in total. The van der Waals surface area contributed by atoms with Crippen LogP contribution in [0, 0.1) is 0 Å². The van der Waals surface area contributed by atoms with E-state index in [2.05, 4.69) is 15.9 Å². The van der Waals surface area contributed by atoms with Gasteiger partial charge in [-0.15, -0.1) is 0 Å². The molecule has 184 valence electrons. The van der Waals surface area contributed by atoms with Gasteiger partial charge in [0.1, 0.15) is 18.1 Å². The Hall–Kier alpha value is -2.62. The molecule has 0 unspecified atom stereocenters. The predicted molar refractivity (Wildman–Crippen MR) is 130 cm³/mol. The summed E-state index contributed by atoms with van der Waals surface area (Å²) in [7, 11) is 0. The van der Waals surface area contributed by atoms with Gasteiger partial charge in [-0.3, -0.25) is 9.59 Å². The molecule has 0 saturated carbocycles. The number of aromatic hydroxyl groups is 1. The number of alkyl halides is 1. The molecule has 8 nitrogen and oxygen atoms in total. The zero-order valence-electron chi connectivity index (χ0n) is 19.0. The second-order valence-electron chi connectivity index (χ2n) is 6.39. The highest BCUT2D eigenvalue weighted by Crippen LogP contribution is 2.13. The largest absolute Gasteiger partial charge is 0.508 e. The molecule has 0 bridgehead atoms. The van der Waals surface area contributed by atoms with Crippen LogP contribution in [-0.4, -0.2) is 65.6 Å². The quantitative estimate of drug-likeness (QED) is 0.277. The average molecular weight is 529 g/mol. The van der Waals surface area contributed by atoms with E-state index < -0.39 is 11.9 Å². The third kappa shape index (κ3) is 18.6. The fraction of sp³-hybridized carbons (Fsp3) is 0.417. The maximum absolute atomic E-state index is 10.5. The molecule has 33 heavy (non-hydrogen) atoms. The van der Waals surface area contributed by atoms with Crippen molar-refractivity contribution in [3.05, 3.63) is 59.7 Å². The number of carboxylic acid groups (broad SMARTS) is 2. The summed E-state index contributed by atoms with van der Waals surface area (Å²) in [4.78, 5) is 20.7. The van der Waals surface area contributed by atoms with E-state index in [1.165, 1.54) is 12.1 Å². The number of rotatable bonds is 12. The number of aliphatic carboxylic acids is 2. The number of phenols is 1. The monoisotopic (exact) mass is 528 g/mol. The Bertz CT molecular complexity index is 794. The van der Waals surface area contributed by atoms with Gasteiger partial charge in [-0.05, 0) is 49.2 Å². The third-order valence-electron chi connectivity index (χ3n) is 3.65. The number of hydrogen-bond donors (Lipinski definition) is 3. The van der Waals surface area contributed by atoms with E-state index in [4.69, 9.17) is 29.5 Å². The van der Waals surface area contributed by atoms with Crippen molar-refractivity contribution in [1.82, 2.24) is 0 Å². The number of ether oxygens (including phenoxy) is 3. The SMILES string of the molecule is CCOCCBr.CCOCCOc1cccc(CC(=O)O)c1.O=C(O)Cc1cccc(O)c1. The molecule has 0 aliphatic carbocycles. The van der Waals surface area contributed by atoms with Crippen molar-refractivity contribution in [2.45, 2.75) is 26.7 Å². The van der Waals surface area contributed by atoms with E-state index >= 15 is 0 Å². The third-order valence-corrected chi connectivity index (χ3v) is 3.97. The minimum absolute atomic E-state index is 0.0165. The van der Waals surface area contributed by atoms with E-state index in [0.717, 1.165) is 24.1 Å². The van der Waals surface area contributed by atoms with Crippen molar-refractivity contribution in [2.24, 2.45) is 0 Å². The molecular weight excluding hydrogens is 496 g/mol. The minimum atomic E-state index is -0.893. The van der Waals surface area contributed by atoms with Gasteiger partial charge in [-0.25, -0.2) is 0 Å². The van der Waals surface area contributed by atoms with Crippen molar-refractivity contribution in [3.63, 3.8) is 0 Å². The van der Waals surface area contributed by atoms with E-state index in [1.807, 2.05) is 13.8 Å². The molecule has 0 saturated heterocycles. The summed E-state index contributed by atoms with van der Waals surface area (Å²) >= 11 is 3.23. The van der Waals surface area contributed by atoms with Crippen molar-refractivity contribution < 1.29 is 39.1 Å². The molecule has 2 aromatic carbocycles. The van der Waals surface area contributed by atoms with Crippen LogP contribution in [0.1, 0.15) is 25.0 Å². The second kappa shape index (κ2) is 20.0. The number of halogens is 1. The molecule has 9 heteroatoms. The van der Waals surface area contributed by atoms with Crippen molar-refractivity contribution in [3.8, 4) is 11.5 Å². The number of carbonyl (C=O) groups is 2. The minimum Gasteiger partial charge on any atom is -0.508 e. The van der Waals surface area contributed by atoms with Gasteiger partial charge in [0, 0.05) is 18.5 Å². The fourth-order valence-corrected chi connectivity index (χ4v) is 2.55. The molecule has 2 aromatic rings. The van der Waals surface area contributed by atoms with E-state index in [-0.39, 0.29) is 18.6 Å². The molecule has 0 fully saturated rings. The second-order valence-corrected chi connectivity index (χ2v) is 7.18. The van der Waals surface area contributed by atoms with Crippen molar-refractivity contribution in [2.75, 3.05) is 38.4 Å². The Morgan fingerprint density at radius 1 is 0.818 bits per heavy atom. The van der Waals surface area contributed by atoms with Gasteiger partial charge < -0.3 is 29.5 Å².